The molecule has 0 aromatic heterocycles. The van der Waals surface area contributed by atoms with Crippen molar-refractivity contribution in [3.63, 3.8) is 0 Å². The number of carbonyl (C=O) groups is 2. The molecule has 2 aliphatic heterocycles. The zero-order chi connectivity index (χ0) is 11.7. The highest BCUT2D eigenvalue weighted by atomic mass is 16.2. The molecule has 2 amide bonds. The third-order valence-electron chi connectivity index (χ3n) is 3.39. The van der Waals surface area contributed by atoms with Gasteiger partial charge in [0.15, 0.2) is 0 Å². The van der Waals surface area contributed by atoms with E-state index in [1.807, 2.05) is 6.92 Å². The van der Waals surface area contributed by atoms with Gasteiger partial charge in [-0.1, -0.05) is 0 Å². The van der Waals surface area contributed by atoms with Gasteiger partial charge in [-0.3, -0.25) is 9.59 Å². The molecule has 2 unspecified atom stereocenters. The van der Waals surface area contributed by atoms with Crippen molar-refractivity contribution in [2.24, 2.45) is 0 Å². The summed E-state index contributed by atoms with van der Waals surface area (Å²) in [5.74, 6) is 2.67. The van der Waals surface area contributed by atoms with Crippen molar-refractivity contribution in [3.05, 3.63) is 0 Å². The van der Waals surface area contributed by atoms with Crippen molar-refractivity contribution in [1.29, 1.82) is 0 Å². The minimum atomic E-state index is -0.221. The highest BCUT2D eigenvalue weighted by Gasteiger charge is 2.42. The van der Waals surface area contributed by atoms with E-state index >= 15 is 0 Å². The first-order chi connectivity index (χ1) is 7.65. The third-order valence-corrected chi connectivity index (χ3v) is 3.39. The Labute approximate surface area is 95.6 Å². The van der Waals surface area contributed by atoms with E-state index in [9.17, 15) is 9.59 Å². The van der Waals surface area contributed by atoms with Crippen molar-refractivity contribution >= 4 is 11.8 Å². The van der Waals surface area contributed by atoms with E-state index in [1.165, 1.54) is 0 Å². The van der Waals surface area contributed by atoms with Gasteiger partial charge < -0.3 is 9.80 Å². The summed E-state index contributed by atoms with van der Waals surface area (Å²) >= 11 is 0. The molecule has 2 saturated heterocycles. The van der Waals surface area contributed by atoms with Gasteiger partial charge in [-0.25, -0.2) is 0 Å². The summed E-state index contributed by atoms with van der Waals surface area (Å²) < 4.78 is 0. The van der Waals surface area contributed by atoms with Crippen molar-refractivity contribution in [2.75, 3.05) is 13.1 Å². The number of carbonyl (C=O) groups excluding carboxylic acids is 2. The number of fused-ring (bicyclic) bond motifs is 1. The molecule has 0 N–H and O–H groups in total. The van der Waals surface area contributed by atoms with Gasteiger partial charge in [0.05, 0.1) is 0 Å². The van der Waals surface area contributed by atoms with Gasteiger partial charge in [0.25, 0.3) is 0 Å². The fourth-order valence-corrected chi connectivity index (χ4v) is 2.48. The lowest BCUT2D eigenvalue weighted by molar-refractivity contribution is -0.155. The van der Waals surface area contributed by atoms with Crippen LogP contribution in [0.15, 0.2) is 0 Å². The molecule has 2 rings (SSSR count). The van der Waals surface area contributed by atoms with Crippen LogP contribution in [0.25, 0.3) is 0 Å². The predicted octanol–water partition coefficient (Wildman–Crippen LogP) is 0.231. The summed E-state index contributed by atoms with van der Waals surface area (Å²) in [6.07, 6.45) is 7.47. The van der Waals surface area contributed by atoms with Crippen LogP contribution >= 0.6 is 0 Å². The van der Waals surface area contributed by atoms with Gasteiger partial charge in [0.2, 0.25) is 11.8 Å². The first kappa shape index (κ1) is 11.0. The van der Waals surface area contributed by atoms with E-state index in [0.717, 1.165) is 19.4 Å². The first-order valence-corrected chi connectivity index (χ1v) is 5.68. The largest absolute Gasteiger partial charge is 0.329 e. The van der Waals surface area contributed by atoms with Crippen molar-refractivity contribution in [3.8, 4) is 12.3 Å². The van der Waals surface area contributed by atoms with Crippen LogP contribution in [0, 0.1) is 12.3 Å². The number of piperazine rings is 1. The summed E-state index contributed by atoms with van der Waals surface area (Å²) in [5.41, 5.74) is 0. The Hall–Kier alpha value is -1.50. The van der Waals surface area contributed by atoms with Gasteiger partial charge in [-0.15, -0.1) is 12.3 Å². The highest BCUT2D eigenvalue weighted by molar-refractivity contribution is 5.95. The molecule has 4 nitrogen and oxygen atoms in total. The average Bonchev–Trinajstić information content (AvgIpc) is 2.73. The molecular formula is C12H16N2O2. The SMILES string of the molecule is C#CCC(C)N1CC(=O)N2CCCC2C1=O. The molecule has 0 radical (unpaired) electrons. The molecule has 4 heteroatoms. The molecule has 0 saturated carbocycles. The van der Waals surface area contributed by atoms with E-state index < -0.39 is 0 Å². The summed E-state index contributed by atoms with van der Waals surface area (Å²) in [6.45, 7) is 2.82. The van der Waals surface area contributed by atoms with Crippen LogP contribution in [0.1, 0.15) is 26.2 Å². The lowest BCUT2D eigenvalue weighted by atomic mass is 10.1. The van der Waals surface area contributed by atoms with Gasteiger partial charge >= 0.3 is 0 Å². The van der Waals surface area contributed by atoms with Crippen LogP contribution in [-0.4, -0.2) is 46.8 Å². The summed E-state index contributed by atoms with van der Waals surface area (Å²) in [5, 5.41) is 0. The van der Waals surface area contributed by atoms with E-state index in [2.05, 4.69) is 5.92 Å². The molecule has 2 fully saturated rings. The monoisotopic (exact) mass is 220 g/mol. The number of terminal acetylenes is 1. The van der Waals surface area contributed by atoms with Gasteiger partial charge in [0, 0.05) is 19.0 Å². The van der Waals surface area contributed by atoms with Crippen molar-refractivity contribution < 1.29 is 9.59 Å². The zero-order valence-electron chi connectivity index (χ0n) is 9.48. The molecular weight excluding hydrogens is 204 g/mol. The number of amides is 2. The van der Waals surface area contributed by atoms with Gasteiger partial charge in [-0.05, 0) is 19.8 Å². The Kier molecular flexibility index (Phi) is 2.86. The Balaban J connectivity index is 2.14. The summed E-state index contributed by atoms with van der Waals surface area (Å²) in [6, 6.07) is -0.259. The molecule has 0 spiro atoms. The number of rotatable bonds is 2. The Bertz CT molecular complexity index is 359. The smallest absolute Gasteiger partial charge is 0.246 e. The molecule has 0 aromatic carbocycles. The minimum absolute atomic E-state index is 0.0378. The molecule has 0 bridgehead atoms. The van der Waals surface area contributed by atoms with Crippen molar-refractivity contribution in [1.82, 2.24) is 9.80 Å². The molecule has 0 aromatic rings. The van der Waals surface area contributed by atoms with E-state index in [0.29, 0.717) is 6.42 Å². The Morgan fingerprint density at radius 2 is 2.31 bits per heavy atom. The third kappa shape index (κ3) is 1.67. The van der Waals surface area contributed by atoms with E-state index in [1.54, 1.807) is 9.80 Å². The highest BCUT2D eigenvalue weighted by Crippen LogP contribution is 2.25. The maximum absolute atomic E-state index is 12.1. The zero-order valence-corrected chi connectivity index (χ0v) is 9.48. The van der Waals surface area contributed by atoms with Crippen LogP contribution in [0.4, 0.5) is 0 Å². The molecule has 16 heavy (non-hydrogen) atoms. The molecule has 2 heterocycles. The van der Waals surface area contributed by atoms with Crippen LogP contribution in [0.5, 0.6) is 0 Å². The molecule has 0 aliphatic carbocycles. The summed E-state index contributed by atoms with van der Waals surface area (Å²) in [4.78, 5) is 27.3. The quantitative estimate of drug-likeness (QED) is 0.625. The lowest BCUT2D eigenvalue weighted by Crippen LogP contribution is -2.59. The first-order valence-electron chi connectivity index (χ1n) is 5.68. The Morgan fingerprint density at radius 1 is 1.56 bits per heavy atom. The second kappa shape index (κ2) is 4.17. The number of nitrogens with zero attached hydrogens (tertiary/aromatic N) is 2. The van der Waals surface area contributed by atoms with Crippen LogP contribution in [-0.2, 0) is 9.59 Å². The van der Waals surface area contributed by atoms with Crippen molar-refractivity contribution in [2.45, 2.75) is 38.3 Å². The van der Waals surface area contributed by atoms with E-state index in [4.69, 9.17) is 6.42 Å². The van der Waals surface area contributed by atoms with Gasteiger partial charge in [-0.2, -0.15) is 0 Å². The van der Waals surface area contributed by atoms with Crippen LogP contribution < -0.4 is 0 Å². The standard InChI is InChI=1S/C12H16N2O2/c1-3-5-9(2)14-8-11(15)13-7-4-6-10(13)12(14)16/h1,9-10H,4-8H2,2H3. The maximum atomic E-state index is 12.1. The predicted molar refractivity (Wildman–Crippen MR) is 59.4 cm³/mol. The number of hydrogen-bond acceptors (Lipinski definition) is 2. The van der Waals surface area contributed by atoms with Crippen LogP contribution in [0.3, 0.4) is 0 Å². The summed E-state index contributed by atoms with van der Waals surface area (Å²) in [7, 11) is 0. The van der Waals surface area contributed by atoms with Crippen LogP contribution in [0.2, 0.25) is 0 Å². The molecule has 2 atom stereocenters. The molecule has 86 valence electrons. The lowest BCUT2D eigenvalue weighted by Gasteiger charge is -2.39. The Morgan fingerprint density at radius 3 is 3.00 bits per heavy atom. The second-order valence-corrected chi connectivity index (χ2v) is 4.47. The normalized spacial score (nSPS) is 26.6. The topological polar surface area (TPSA) is 40.6 Å². The second-order valence-electron chi connectivity index (χ2n) is 4.47. The van der Waals surface area contributed by atoms with E-state index in [-0.39, 0.29) is 30.4 Å². The minimum Gasteiger partial charge on any atom is -0.329 e. The number of hydrogen-bond donors (Lipinski definition) is 0. The van der Waals surface area contributed by atoms with Gasteiger partial charge in [0.1, 0.15) is 12.6 Å². The average molecular weight is 220 g/mol. The maximum Gasteiger partial charge on any atom is 0.246 e. The molecule has 2 aliphatic rings. The fraction of sp³-hybridized carbons (Fsp3) is 0.667. The fourth-order valence-electron chi connectivity index (χ4n) is 2.48.